The molecule has 1 aliphatic rings. The highest BCUT2D eigenvalue weighted by atomic mass is 32.1. The molecule has 4 nitrogen and oxygen atoms in total. The van der Waals surface area contributed by atoms with Crippen molar-refractivity contribution in [2.24, 2.45) is 0 Å². The highest BCUT2D eigenvalue weighted by Gasteiger charge is 2.23. The highest BCUT2D eigenvalue weighted by Crippen LogP contribution is 2.31. The van der Waals surface area contributed by atoms with Crippen LogP contribution in [0.25, 0.3) is 0 Å². The Morgan fingerprint density at radius 1 is 1.22 bits per heavy atom. The molecular weight excluding hydrogens is 310 g/mol. The maximum Gasteiger partial charge on any atom is 0.349 e. The molecule has 0 aliphatic heterocycles. The van der Waals surface area contributed by atoms with Gasteiger partial charge in [0, 0.05) is 10.6 Å². The first-order chi connectivity index (χ1) is 11.0. The van der Waals surface area contributed by atoms with Crippen LogP contribution in [0.5, 0.6) is 0 Å². The summed E-state index contributed by atoms with van der Waals surface area (Å²) in [6.07, 6.45) is 2.39. The van der Waals surface area contributed by atoms with Gasteiger partial charge in [0.15, 0.2) is 6.10 Å². The number of nitrogens with one attached hydrogen (secondary N) is 1. The number of hydrogen-bond acceptors (Lipinski definition) is 4. The van der Waals surface area contributed by atoms with Crippen molar-refractivity contribution in [3.63, 3.8) is 0 Å². The molecule has 1 aromatic heterocycles. The number of rotatable bonds is 4. The summed E-state index contributed by atoms with van der Waals surface area (Å²) in [6, 6.07) is 9.38. The molecule has 23 heavy (non-hydrogen) atoms. The Balaban J connectivity index is 1.58. The van der Waals surface area contributed by atoms with Gasteiger partial charge in [-0.1, -0.05) is 17.7 Å². The summed E-state index contributed by atoms with van der Waals surface area (Å²) in [7, 11) is 0. The fraction of sp³-hybridized carbons (Fsp3) is 0.333. The van der Waals surface area contributed by atoms with Gasteiger partial charge in [0.05, 0.1) is 0 Å². The van der Waals surface area contributed by atoms with Gasteiger partial charge in [-0.05, 0) is 56.9 Å². The molecule has 1 heterocycles. The average Bonchev–Trinajstić information content (AvgIpc) is 3.10. The van der Waals surface area contributed by atoms with Crippen LogP contribution in [-0.4, -0.2) is 18.0 Å². The molecule has 2 aromatic rings. The number of fused-ring (bicyclic) bond motifs is 1. The lowest BCUT2D eigenvalue weighted by Crippen LogP contribution is -2.29. The van der Waals surface area contributed by atoms with E-state index in [1.807, 2.05) is 37.3 Å². The Labute approximate surface area is 139 Å². The molecule has 0 radical (unpaired) electrons. The maximum absolute atomic E-state index is 12.2. The first kappa shape index (κ1) is 15.7. The third-order valence-electron chi connectivity index (χ3n) is 3.92. The Bertz CT molecular complexity index is 712. The minimum Gasteiger partial charge on any atom is -0.448 e. The van der Waals surface area contributed by atoms with E-state index in [9.17, 15) is 9.59 Å². The quantitative estimate of drug-likeness (QED) is 0.870. The van der Waals surface area contributed by atoms with Gasteiger partial charge in [-0.2, -0.15) is 0 Å². The van der Waals surface area contributed by atoms with Crippen molar-refractivity contribution in [2.45, 2.75) is 39.2 Å². The van der Waals surface area contributed by atoms with Crippen molar-refractivity contribution in [3.05, 3.63) is 51.2 Å². The second-order valence-electron chi connectivity index (χ2n) is 5.82. The van der Waals surface area contributed by atoms with Gasteiger partial charge in [-0.15, -0.1) is 11.3 Å². The number of carbonyl (C=O) groups is 2. The van der Waals surface area contributed by atoms with Gasteiger partial charge in [-0.25, -0.2) is 4.79 Å². The maximum atomic E-state index is 12.2. The number of amides is 1. The van der Waals surface area contributed by atoms with E-state index in [4.69, 9.17) is 4.74 Å². The molecule has 1 N–H and O–H groups in total. The summed E-state index contributed by atoms with van der Waals surface area (Å²) < 4.78 is 5.29. The number of ether oxygens (including phenoxy) is 1. The van der Waals surface area contributed by atoms with Crippen molar-refractivity contribution in [2.75, 3.05) is 5.32 Å². The molecule has 1 aromatic carbocycles. The van der Waals surface area contributed by atoms with Gasteiger partial charge >= 0.3 is 5.97 Å². The minimum absolute atomic E-state index is 0.327. The Morgan fingerprint density at radius 2 is 1.96 bits per heavy atom. The largest absolute Gasteiger partial charge is 0.448 e. The van der Waals surface area contributed by atoms with Gasteiger partial charge in [0.1, 0.15) is 4.88 Å². The summed E-state index contributed by atoms with van der Waals surface area (Å²) >= 11 is 1.48. The van der Waals surface area contributed by atoms with Crippen LogP contribution >= 0.6 is 11.3 Å². The van der Waals surface area contributed by atoms with Crippen LogP contribution in [0, 0.1) is 6.92 Å². The molecule has 0 fully saturated rings. The third kappa shape index (κ3) is 3.62. The van der Waals surface area contributed by atoms with Gasteiger partial charge in [0.25, 0.3) is 5.91 Å². The smallest absolute Gasteiger partial charge is 0.349 e. The topological polar surface area (TPSA) is 55.4 Å². The fourth-order valence-corrected chi connectivity index (χ4v) is 3.72. The number of anilines is 1. The molecule has 1 amide bonds. The van der Waals surface area contributed by atoms with E-state index >= 15 is 0 Å². The monoisotopic (exact) mass is 329 g/mol. The molecule has 3 rings (SSSR count). The number of esters is 1. The molecule has 120 valence electrons. The SMILES string of the molecule is Cc1ccc(NC(=O)[C@H](C)OC(=O)c2cc3c(s2)CCC3)cc1. The summed E-state index contributed by atoms with van der Waals surface area (Å²) in [5.41, 5.74) is 3.06. The van der Waals surface area contributed by atoms with E-state index in [0.717, 1.165) is 24.8 Å². The van der Waals surface area contributed by atoms with Crippen LogP contribution < -0.4 is 5.32 Å². The van der Waals surface area contributed by atoms with Crippen LogP contribution in [0.2, 0.25) is 0 Å². The van der Waals surface area contributed by atoms with Crippen molar-refractivity contribution in [1.82, 2.24) is 0 Å². The third-order valence-corrected chi connectivity index (χ3v) is 5.14. The van der Waals surface area contributed by atoms with E-state index in [-0.39, 0.29) is 5.91 Å². The normalized spacial score (nSPS) is 14.2. The van der Waals surface area contributed by atoms with Crippen molar-refractivity contribution >= 4 is 28.9 Å². The first-order valence-corrected chi connectivity index (χ1v) is 8.54. The number of carbonyl (C=O) groups excluding carboxylic acids is 2. The number of hydrogen-bond donors (Lipinski definition) is 1. The molecular formula is C18H19NO3S. The lowest BCUT2D eigenvalue weighted by atomic mass is 10.2. The zero-order chi connectivity index (χ0) is 16.4. The number of thiophene rings is 1. The second-order valence-corrected chi connectivity index (χ2v) is 6.95. The summed E-state index contributed by atoms with van der Waals surface area (Å²) in [6.45, 7) is 3.57. The summed E-state index contributed by atoms with van der Waals surface area (Å²) in [5, 5.41) is 2.75. The molecule has 0 bridgehead atoms. The van der Waals surface area contributed by atoms with E-state index in [0.29, 0.717) is 10.6 Å². The lowest BCUT2D eigenvalue weighted by molar-refractivity contribution is -0.123. The lowest BCUT2D eigenvalue weighted by Gasteiger charge is -2.13. The van der Waals surface area contributed by atoms with E-state index in [1.165, 1.54) is 21.8 Å². The van der Waals surface area contributed by atoms with Gasteiger partial charge < -0.3 is 10.1 Å². The van der Waals surface area contributed by atoms with Crippen molar-refractivity contribution in [3.8, 4) is 0 Å². The standard InChI is InChI=1S/C18H19NO3S/c1-11-6-8-14(9-7-11)19-17(20)12(2)22-18(21)16-10-13-4-3-5-15(13)23-16/h6-10,12H,3-5H2,1-2H3,(H,19,20)/t12-/m0/s1. The Hall–Kier alpha value is -2.14. The number of benzene rings is 1. The van der Waals surface area contributed by atoms with Crippen LogP contribution in [0.1, 0.15) is 39.0 Å². The predicted molar refractivity (Wildman–Crippen MR) is 91.0 cm³/mol. The Kier molecular flexibility index (Phi) is 4.48. The zero-order valence-electron chi connectivity index (χ0n) is 13.2. The molecule has 0 saturated carbocycles. The zero-order valence-corrected chi connectivity index (χ0v) is 14.0. The fourth-order valence-electron chi connectivity index (χ4n) is 2.58. The second kappa shape index (κ2) is 6.54. The van der Waals surface area contributed by atoms with Crippen LogP contribution in [-0.2, 0) is 22.4 Å². The average molecular weight is 329 g/mol. The molecule has 0 saturated heterocycles. The molecule has 1 aliphatic carbocycles. The van der Waals surface area contributed by atoms with Crippen LogP contribution in [0.3, 0.4) is 0 Å². The van der Waals surface area contributed by atoms with Gasteiger partial charge in [0.2, 0.25) is 0 Å². The van der Waals surface area contributed by atoms with E-state index < -0.39 is 12.1 Å². The molecule has 1 atom stereocenters. The first-order valence-electron chi connectivity index (χ1n) is 7.73. The summed E-state index contributed by atoms with van der Waals surface area (Å²) in [5.74, 6) is -0.748. The van der Waals surface area contributed by atoms with E-state index in [1.54, 1.807) is 6.92 Å². The van der Waals surface area contributed by atoms with Crippen LogP contribution in [0.15, 0.2) is 30.3 Å². The highest BCUT2D eigenvalue weighted by molar-refractivity contribution is 7.14. The molecule has 0 spiro atoms. The van der Waals surface area contributed by atoms with Crippen molar-refractivity contribution < 1.29 is 14.3 Å². The summed E-state index contributed by atoms with van der Waals surface area (Å²) in [4.78, 5) is 26.1. The van der Waals surface area contributed by atoms with E-state index in [2.05, 4.69) is 5.32 Å². The molecule has 5 heteroatoms. The predicted octanol–water partition coefficient (Wildman–Crippen LogP) is 3.73. The van der Waals surface area contributed by atoms with Gasteiger partial charge in [-0.3, -0.25) is 4.79 Å². The van der Waals surface area contributed by atoms with Crippen LogP contribution in [0.4, 0.5) is 5.69 Å². The number of aryl methyl sites for hydroxylation is 3. The molecule has 0 unspecified atom stereocenters. The Morgan fingerprint density at radius 3 is 2.65 bits per heavy atom. The van der Waals surface area contributed by atoms with Crippen molar-refractivity contribution in [1.29, 1.82) is 0 Å². The minimum atomic E-state index is -0.833.